The minimum atomic E-state index is -0.163. The van der Waals surface area contributed by atoms with Crippen molar-refractivity contribution in [2.24, 2.45) is 0 Å². The Kier molecular flexibility index (Phi) is 1.48. The van der Waals surface area contributed by atoms with Crippen LogP contribution in [0.25, 0.3) is 0 Å². The first kappa shape index (κ1) is 7.43. The van der Waals surface area contributed by atoms with Crippen LogP contribution in [0.3, 0.4) is 0 Å². The molecule has 0 aliphatic carbocycles. The molecule has 1 atom stereocenters. The van der Waals surface area contributed by atoms with Gasteiger partial charge < -0.3 is 15.2 Å². The van der Waals surface area contributed by atoms with Crippen LogP contribution in [0, 0.1) is 0 Å². The molecule has 0 radical (unpaired) electrons. The van der Waals surface area contributed by atoms with Crippen LogP contribution in [-0.2, 0) is 4.74 Å². The molecule has 1 saturated heterocycles. The number of rotatable bonds is 2. The Morgan fingerprint density at radius 1 is 1.42 bits per heavy atom. The molecular weight excluding hydrogens is 154 g/mol. The number of ether oxygens (including phenoxy) is 1. The average Bonchev–Trinajstić information content (AvgIpc) is 2.74. The topological polar surface area (TPSA) is 47.5 Å². The summed E-state index contributed by atoms with van der Waals surface area (Å²) in [5, 5.41) is 10.5. The predicted molar refractivity (Wildman–Crippen MR) is 47.5 cm³/mol. The molecule has 1 fully saturated rings. The molecule has 64 valence electrons. The highest BCUT2D eigenvalue weighted by Crippen LogP contribution is 2.28. The number of epoxide rings is 1. The van der Waals surface area contributed by atoms with Gasteiger partial charge in [0.1, 0.15) is 0 Å². The maximum absolute atomic E-state index is 7.28. The standard InChI is InChI=1S/C9H11NO2/c1-9(6-12-9)10-7-2-4-8(11)5-3-7/h2-5,10-11H,6H2,1H3/p+1. The van der Waals surface area contributed by atoms with Crippen molar-refractivity contribution in [3.05, 3.63) is 24.3 Å². The molecule has 1 aliphatic rings. The van der Waals surface area contributed by atoms with E-state index in [1.807, 2.05) is 19.1 Å². The van der Waals surface area contributed by atoms with Crippen LogP contribution in [0.5, 0.6) is 5.75 Å². The zero-order chi connectivity index (χ0) is 8.60. The van der Waals surface area contributed by atoms with Gasteiger partial charge in [-0.15, -0.1) is 0 Å². The van der Waals surface area contributed by atoms with Gasteiger partial charge in [-0.3, -0.25) is 0 Å². The minimum absolute atomic E-state index is 0.163. The second-order valence-corrected chi connectivity index (χ2v) is 3.22. The Hall–Kier alpha value is -1.22. The monoisotopic (exact) mass is 166 g/mol. The molecule has 0 bridgehead atoms. The fourth-order valence-electron chi connectivity index (χ4n) is 1.04. The highest BCUT2D eigenvalue weighted by atomic mass is 16.6. The molecule has 3 nitrogen and oxygen atoms in total. The molecule has 2 rings (SSSR count). The predicted octanol–water partition coefficient (Wildman–Crippen LogP) is 1.28. The molecule has 3 heteroatoms. The Morgan fingerprint density at radius 2 is 2.00 bits per heavy atom. The molecule has 1 aromatic rings. The molecule has 0 amide bonds. The maximum atomic E-state index is 7.28. The van der Waals surface area contributed by atoms with E-state index in [0.29, 0.717) is 5.75 Å². The molecule has 3 N–H and O–H groups in total. The van der Waals surface area contributed by atoms with Crippen LogP contribution in [0.15, 0.2) is 24.3 Å². The summed E-state index contributed by atoms with van der Waals surface area (Å²) < 4.78 is 5.17. The first-order valence-electron chi connectivity index (χ1n) is 3.92. The summed E-state index contributed by atoms with van der Waals surface area (Å²) in [7, 11) is 0. The Morgan fingerprint density at radius 3 is 2.50 bits per heavy atom. The van der Waals surface area contributed by atoms with E-state index in [0.717, 1.165) is 12.3 Å². The molecule has 0 spiro atoms. The third-order valence-corrected chi connectivity index (χ3v) is 1.87. The number of hydrogen-bond acceptors (Lipinski definition) is 2. The molecule has 1 heterocycles. The van der Waals surface area contributed by atoms with Gasteiger partial charge in [0, 0.05) is 17.8 Å². The zero-order valence-corrected chi connectivity index (χ0v) is 6.92. The summed E-state index contributed by atoms with van der Waals surface area (Å²) in [6.45, 7) is 2.76. The lowest BCUT2D eigenvalue weighted by Crippen LogP contribution is -2.17. The SMILES string of the molecule is CC1(Nc2ccc([OH2+])cc2)CO1. The lowest BCUT2D eigenvalue weighted by Gasteiger charge is -2.08. The number of benzene rings is 1. The second kappa shape index (κ2) is 2.38. The molecule has 1 aromatic carbocycles. The third-order valence-electron chi connectivity index (χ3n) is 1.87. The highest BCUT2D eigenvalue weighted by Gasteiger charge is 2.39. The van der Waals surface area contributed by atoms with Crippen molar-refractivity contribution in [3.63, 3.8) is 0 Å². The van der Waals surface area contributed by atoms with Crippen LogP contribution >= 0.6 is 0 Å². The van der Waals surface area contributed by atoms with Gasteiger partial charge in [0.2, 0.25) is 0 Å². The van der Waals surface area contributed by atoms with E-state index in [1.54, 1.807) is 12.1 Å². The fraction of sp³-hybridized carbons (Fsp3) is 0.333. The van der Waals surface area contributed by atoms with Gasteiger partial charge in [-0.05, 0) is 19.1 Å². The normalized spacial score (nSPS) is 26.8. The maximum Gasteiger partial charge on any atom is 0.253 e. The summed E-state index contributed by atoms with van der Waals surface area (Å²) in [5.41, 5.74) is 0.842. The lowest BCUT2D eigenvalue weighted by atomic mass is 10.2. The Bertz CT molecular complexity index is 277. The molecule has 0 saturated carbocycles. The first-order chi connectivity index (χ1) is 5.68. The summed E-state index contributed by atoms with van der Waals surface area (Å²) in [5.74, 6) is 0.530. The summed E-state index contributed by atoms with van der Waals surface area (Å²) in [4.78, 5) is 0. The van der Waals surface area contributed by atoms with Crippen LogP contribution < -0.4 is 5.32 Å². The van der Waals surface area contributed by atoms with Crippen LogP contribution in [0.1, 0.15) is 6.92 Å². The Balaban J connectivity index is 2.08. The van der Waals surface area contributed by atoms with E-state index in [-0.39, 0.29) is 5.72 Å². The minimum Gasteiger partial charge on any atom is -0.593 e. The van der Waals surface area contributed by atoms with Gasteiger partial charge in [0.15, 0.2) is 5.72 Å². The van der Waals surface area contributed by atoms with Gasteiger partial charge >= 0.3 is 0 Å². The molecule has 1 aliphatic heterocycles. The van der Waals surface area contributed by atoms with Crippen molar-refractivity contribution < 1.29 is 9.84 Å². The van der Waals surface area contributed by atoms with Crippen molar-refractivity contribution in [1.82, 2.24) is 0 Å². The van der Waals surface area contributed by atoms with Gasteiger partial charge in [-0.25, -0.2) is 0 Å². The number of hydrogen-bond donors (Lipinski definition) is 1. The first-order valence-corrected chi connectivity index (χ1v) is 3.92. The second-order valence-electron chi connectivity index (χ2n) is 3.22. The van der Waals surface area contributed by atoms with Crippen molar-refractivity contribution in [1.29, 1.82) is 0 Å². The number of nitrogens with one attached hydrogen (secondary N) is 1. The Labute approximate surface area is 71.0 Å². The van der Waals surface area contributed by atoms with E-state index < -0.39 is 0 Å². The van der Waals surface area contributed by atoms with E-state index in [2.05, 4.69) is 5.32 Å². The summed E-state index contributed by atoms with van der Waals surface area (Å²) >= 11 is 0. The van der Waals surface area contributed by atoms with Crippen molar-refractivity contribution in [3.8, 4) is 5.75 Å². The lowest BCUT2D eigenvalue weighted by molar-refractivity contribution is 0.351. The quantitative estimate of drug-likeness (QED) is 0.531. The van der Waals surface area contributed by atoms with Gasteiger partial charge in [0.05, 0.1) is 6.61 Å². The molecular formula is C9H12NO2+. The van der Waals surface area contributed by atoms with Crippen molar-refractivity contribution in [2.45, 2.75) is 12.6 Å². The summed E-state index contributed by atoms with van der Waals surface area (Å²) in [6.07, 6.45) is 0. The smallest absolute Gasteiger partial charge is 0.253 e. The summed E-state index contributed by atoms with van der Waals surface area (Å²) in [6, 6.07) is 7.28. The van der Waals surface area contributed by atoms with E-state index in [4.69, 9.17) is 9.84 Å². The van der Waals surface area contributed by atoms with E-state index in [1.165, 1.54) is 0 Å². The number of anilines is 1. The van der Waals surface area contributed by atoms with Gasteiger partial charge in [-0.2, -0.15) is 0 Å². The highest BCUT2D eigenvalue weighted by molar-refractivity contribution is 5.48. The third kappa shape index (κ3) is 1.51. The van der Waals surface area contributed by atoms with Crippen LogP contribution in [0.4, 0.5) is 5.69 Å². The molecule has 1 unspecified atom stereocenters. The van der Waals surface area contributed by atoms with Crippen molar-refractivity contribution >= 4 is 5.69 Å². The fourth-order valence-corrected chi connectivity index (χ4v) is 1.04. The van der Waals surface area contributed by atoms with Gasteiger partial charge in [-0.1, -0.05) is 0 Å². The largest absolute Gasteiger partial charge is 0.593 e. The zero-order valence-electron chi connectivity index (χ0n) is 6.92. The van der Waals surface area contributed by atoms with E-state index in [9.17, 15) is 0 Å². The molecule has 12 heavy (non-hydrogen) atoms. The van der Waals surface area contributed by atoms with Crippen LogP contribution in [0.2, 0.25) is 0 Å². The van der Waals surface area contributed by atoms with E-state index >= 15 is 0 Å². The molecule has 0 aromatic heterocycles. The van der Waals surface area contributed by atoms with Gasteiger partial charge in [0.25, 0.3) is 5.75 Å². The average molecular weight is 166 g/mol. The van der Waals surface area contributed by atoms with Crippen molar-refractivity contribution in [2.75, 3.05) is 11.9 Å². The van der Waals surface area contributed by atoms with Crippen LogP contribution in [-0.4, -0.2) is 17.4 Å².